The molecule has 154 valence electrons. The molecule has 3 saturated heterocycles. The molecule has 0 radical (unpaired) electrons. The van der Waals surface area contributed by atoms with E-state index in [-0.39, 0.29) is 35.7 Å². The van der Waals surface area contributed by atoms with Gasteiger partial charge in [0.25, 0.3) is 5.91 Å². The van der Waals surface area contributed by atoms with Crippen LogP contribution in [0.4, 0.5) is 0 Å². The van der Waals surface area contributed by atoms with Crippen molar-refractivity contribution >= 4 is 36.0 Å². The first kappa shape index (κ1) is 21.5. The van der Waals surface area contributed by atoms with Gasteiger partial charge in [-0.3, -0.25) is 9.59 Å². The highest BCUT2D eigenvalue weighted by atomic mass is 35.5. The zero-order chi connectivity index (χ0) is 19.2. The fourth-order valence-corrected chi connectivity index (χ4v) is 5.52. The fraction of sp³-hybridized carbons (Fsp3) is 0.619. The number of likely N-dealkylation sites (tertiary alicyclic amines) is 1. The predicted octanol–water partition coefficient (Wildman–Crippen LogP) is 2.60. The van der Waals surface area contributed by atoms with E-state index in [1.54, 1.807) is 16.7 Å². The van der Waals surface area contributed by atoms with Crippen LogP contribution in [0.2, 0.25) is 0 Å². The molecule has 3 aliphatic heterocycles. The maximum atomic E-state index is 13.1. The maximum Gasteiger partial charge on any atom is 0.255 e. The second-order valence-electron chi connectivity index (χ2n) is 9.04. The van der Waals surface area contributed by atoms with E-state index in [4.69, 9.17) is 0 Å². The number of amides is 2. The molecule has 1 aromatic carbocycles. The lowest BCUT2D eigenvalue weighted by Gasteiger charge is -2.28. The summed E-state index contributed by atoms with van der Waals surface area (Å²) in [6.45, 7) is 10.2. The number of hydrogen-bond acceptors (Lipinski definition) is 4. The molecule has 3 atom stereocenters. The highest BCUT2D eigenvalue weighted by molar-refractivity contribution is 7.99. The van der Waals surface area contributed by atoms with E-state index < -0.39 is 0 Å². The van der Waals surface area contributed by atoms with Crippen molar-refractivity contribution < 1.29 is 9.59 Å². The van der Waals surface area contributed by atoms with Crippen LogP contribution >= 0.6 is 24.2 Å². The summed E-state index contributed by atoms with van der Waals surface area (Å²) in [6, 6.07) is 7.54. The lowest BCUT2D eigenvalue weighted by molar-refractivity contribution is -0.134. The molecule has 1 aromatic rings. The molecule has 28 heavy (non-hydrogen) atoms. The van der Waals surface area contributed by atoms with Crippen molar-refractivity contribution in [1.29, 1.82) is 0 Å². The van der Waals surface area contributed by atoms with Gasteiger partial charge in [-0.1, -0.05) is 32.9 Å². The molecule has 3 heterocycles. The van der Waals surface area contributed by atoms with E-state index in [2.05, 4.69) is 26.1 Å². The molecule has 2 amide bonds. The lowest BCUT2D eigenvalue weighted by Crippen LogP contribution is -2.48. The first-order valence-corrected chi connectivity index (χ1v) is 11.0. The summed E-state index contributed by atoms with van der Waals surface area (Å²) >= 11 is 1.67. The van der Waals surface area contributed by atoms with Crippen LogP contribution in [0.25, 0.3) is 0 Å². The highest BCUT2D eigenvalue weighted by Crippen LogP contribution is 2.31. The monoisotopic (exact) mass is 423 g/mol. The first-order valence-electron chi connectivity index (χ1n) is 9.83. The van der Waals surface area contributed by atoms with E-state index in [0.717, 1.165) is 26.2 Å². The van der Waals surface area contributed by atoms with Gasteiger partial charge in [0, 0.05) is 37.5 Å². The second kappa shape index (κ2) is 8.25. The summed E-state index contributed by atoms with van der Waals surface area (Å²) in [6.07, 6.45) is 0. The number of nitrogens with zero attached hydrogens (tertiary/aromatic N) is 2. The van der Waals surface area contributed by atoms with Crippen LogP contribution in [-0.4, -0.2) is 65.5 Å². The second-order valence-corrected chi connectivity index (χ2v) is 10.0. The molecule has 0 bridgehead atoms. The SMILES string of the molecule is CC(C)(C)c1ccc(C(=O)N2CSCC2C(=O)N2C[C@H]3CNC[C@H]3C2)cc1.Cl. The molecule has 1 unspecified atom stereocenters. The van der Waals surface area contributed by atoms with Gasteiger partial charge in [-0.2, -0.15) is 0 Å². The van der Waals surface area contributed by atoms with Crippen LogP contribution < -0.4 is 5.32 Å². The number of benzene rings is 1. The van der Waals surface area contributed by atoms with E-state index in [9.17, 15) is 9.59 Å². The van der Waals surface area contributed by atoms with E-state index in [1.807, 2.05) is 29.2 Å². The van der Waals surface area contributed by atoms with Crippen molar-refractivity contribution in [3.8, 4) is 0 Å². The standard InChI is InChI=1S/C21H29N3O2S.ClH/c1-21(2,3)17-6-4-14(5-7-17)19(25)24-13-27-12-18(24)20(26)23-10-15-8-22-9-16(15)11-23;/h4-7,15-16,18,22H,8-13H2,1-3H3;1H/t15-,16+,18?;. The minimum Gasteiger partial charge on any atom is -0.340 e. The molecule has 0 saturated carbocycles. The molecule has 3 aliphatic rings. The third kappa shape index (κ3) is 4.05. The van der Waals surface area contributed by atoms with Crippen molar-refractivity contribution in [3.05, 3.63) is 35.4 Å². The number of hydrogen-bond donors (Lipinski definition) is 1. The third-order valence-electron chi connectivity index (χ3n) is 6.13. The summed E-state index contributed by atoms with van der Waals surface area (Å²) in [7, 11) is 0. The molecule has 4 rings (SSSR count). The number of thioether (sulfide) groups is 1. The number of carbonyl (C=O) groups excluding carboxylic acids is 2. The Hall–Kier alpha value is -1.24. The van der Waals surface area contributed by atoms with Crippen LogP contribution in [0, 0.1) is 11.8 Å². The summed E-state index contributed by atoms with van der Waals surface area (Å²) < 4.78 is 0. The van der Waals surface area contributed by atoms with Gasteiger partial charge < -0.3 is 15.1 Å². The van der Waals surface area contributed by atoms with Gasteiger partial charge in [-0.15, -0.1) is 24.2 Å². The Morgan fingerprint density at radius 2 is 1.68 bits per heavy atom. The third-order valence-corrected chi connectivity index (χ3v) is 7.14. The minimum atomic E-state index is -0.323. The summed E-state index contributed by atoms with van der Waals surface area (Å²) in [5, 5.41) is 3.41. The Morgan fingerprint density at radius 1 is 1.07 bits per heavy atom. The molecule has 7 heteroatoms. The van der Waals surface area contributed by atoms with Gasteiger partial charge in [-0.25, -0.2) is 0 Å². The molecular weight excluding hydrogens is 394 g/mol. The van der Waals surface area contributed by atoms with Crippen molar-refractivity contribution in [2.75, 3.05) is 37.8 Å². The normalized spacial score (nSPS) is 26.9. The molecule has 3 fully saturated rings. The van der Waals surface area contributed by atoms with E-state index >= 15 is 0 Å². The quantitative estimate of drug-likeness (QED) is 0.794. The average molecular weight is 424 g/mol. The van der Waals surface area contributed by atoms with Gasteiger partial charge >= 0.3 is 0 Å². The Balaban J connectivity index is 0.00000225. The number of halogens is 1. The van der Waals surface area contributed by atoms with Gasteiger partial charge in [0.15, 0.2) is 0 Å². The predicted molar refractivity (Wildman–Crippen MR) is 116 cm³/mol. The van der Waals surface area contributed by atoms with Crippen molar-refractivity contribution in [1.82, 2.24) is 15.1 Å². The molecule has 0 spiro atoms. The molecule has 0 aliphatic carbocycles. The van der Waals surface area contributed by atoms with Gasteiger partial charge in [-0.05, 0) is 34.9 Å². The van der Waals surface area contributed by atoms with Crippen LogP contribution in [0.15, 0.2) is 24.3 Å². The topological polar surface area (TPSA) is 52.7 Å². The smallest absolute Gasteiger partial charge is 0.255 e. The number of nitrogens with one attached hydrogen (secondary N) is 1. The largest absolute Gasteiger partial charge is 0.340 e. The van der Waals surface area contributed by atoms with Crippen LogP contribution in [0.1, 0.15) is 36.7 Å². The first-order chi connectivity index (χ1) is 12.8. The van der Waals surface area contributed by atoms with Gasteiger partial charge in [0.05, 0.1) is 5.88 Å². The Kier molecular flexibility index (Phi) is 6.32. The number of rotatable bonds is 2. The fourth-order valence-electron chi connectivity index (χ4n) is 4.37. The van der Waals surface area contributed by atoms with Gasteiger partial charge in [0.1, 0.15) is 6.04 Å². The molecule has 5 nitrogen and oxygen atoms in total. The summed E-state index contributed by atoms with van der Waals surface area (Å²) in [5.74, 6) is 2.57. The Labute approximate surface area is 178 Å². The molecule has 1 N–H and O–H groups in total. The van der Waals surface area contributed by atoms with Gasteiger partial charge in [0.2, 0.25) is 5.91 Å². The van der Waals surface area contributed by atoms with E-state index in [1.165, 1.54) is 5.56 Å². The highest BCUT2D eigenvalue weighted by Gasteiger charge is 2.43. The minimum absolute atomic E-state index is 0. The van der Waals surface area contributed by atoms with Crippen molar-refractivity contribution in [2.45, 2.75) is 32.2 Å². The average Bonchev–Trinajstić information content (AvgIpc) is 3.35. The Bertz CT molecular complexity index is 722. The zero-order valence-electron chi connectivity index (χ0n) is 16.8. The Morgan fingerprint density at radius 3 is 2.25 bits per heavy atom. The zero-order valence-corrected chi connectivity index (χ0v) is 18.4. The summed E-state index contributed by atoms with van der Waals surface area (Å²) in [4.78, 5) is 29.9. The van der Waals surface area contributed by atoms with Crippen molar-refractivity contribution in [2.24, 2.45) is 11.8 Å². The summed E-state index contributed by atoms with van der Waals surface area (Å²) in [5.41, 5.74) is 1.94. The molecule has 0 aromatic heterocycles. The number of fused-ring (bicyclic) bond motifs is 1. The maximum absolute atomic E-state index is 13.1. The molecular formula is C21H30ClN3O2S. The van der Waals surface area contributed by atoms with Crippen molar-refractivity contribution in [3.63, 3.8) is 0 Å². The van der Waals surface area contributed by atoms with Crippen LogP contribution in [-0.2, 0) is 10.2 Å². The number of carbonyl (C=O) groups is 2. The van der Waals surface area contributed by atoms with Crippen LogP contribution in [0.5, 0.6) is 0 Å². The lowest BCUT2D eigenvalue weighted by atomic mass is 9.86. The van der Waals surface area contributed by atoms with Crippen LogP contribution in [0.3, 0.4) is 0 Å². The van der Waals surface area contributed by atoms with E-state index in [0.29, 0.717) is 29.0 Å².